The third-order valence-corrected chi connectivity index (χ3v) is 4.14. The van der Waals surface area contributed by atoms with Crippen LogP contribution in [0.4, 0.5) is 0 Å². The standard InChI is InChI=1S/C21H21N3O3/c1-14(15-8-10-19(26-2)20(12-15)27-3)23-21(25)11-9-16-13-22-17-6-4-5-7-18(17)24-16/h4-14H,1-3H3,(H,23,25)/b11-9+. The number of nitrogens with zero attached hydrogens (tertiary/aromatic N) is 2. The van der Waals surface area contributed by atoms with Gasteiger partial charge in [0.25, 0.3) is 0 Å². The second-order valence-electron chi connectivity index (χ2n) is 5.96. The summed E-state index contributed by atoms with van der Waals surface area (Å²) in [6.45, 7) is 1.91. The van der Waals surface area contributed by atoms with Crippen molar-refractivity contribution in [2.75, 3.05) is 14.2 Å². The first-order valence-electron chi connectivity index (χ1n) is 8.53. The number of para-hydroxylation sites is 2. The lowest BCUT2D eigenvalue weighted by molar-refractivity contribution is -0.117. The minimum Gasteiger partial charge on any atom is -0.493 e. The number of hydrogen-bond donors (Lipinski definition) is 1. The Labute approximate surface area is 157 Å². The molecule has 138 valence electrons. The zero-order chi connectivity index (χ0) is 19.2. The second kappa shape index (κ2) is 8.31. The highest BCUT2D eigenvalue weighted by Crippen LogP contribution is 2.29. The monoisotopic (exact) mass is 363 g/mol. The van der Waals surface area contributed by atoms with Crippen molar-refractivity contribution in [1.82, 2.24) is 15.3 Å². The molecule has 6 nitrogen and oxygen atoms in total. The maximum Gasteiger partial charge on any atom is 0.244 e. The first kappa shape index (κ1) is 18.4. The van der Waals surface area contributed by atoms with Crippen molar-refractivity contribution >= 4 is 23.0 Å². The predicted octanol–water partition coefficient (Wildman–Crippen LogP) is 3.54. The number of carbonyl (C=O) groups excluding carboxylic acids is 1. The fourth-order valence-electron chi connectivity index (χ4n) is 2.68. The molecule has 0 bridgehead atoms. The molecular formula is C21H21N3O3. The third kappa shape index (κ3) is 4.41. The lowest BCUT2D eigenvalue weighted by Crippen LogP contribution is -2.24. The van der Waals surface area contributed by atoms with Gasteiger partial charge in [-0.3, -0.25) is 9.78 Å². The van der Waals surface area contributed by atoms with Gasteiger partial charge in [-0.15, -0.1) is 0 Å². The number of carbonyl (C=O) groups is 1. The molecule has 1 heterocycles. The quantitative estimate of drug-likeness (QED) is 0.678. The van der Waals surface area contributed by atoms with Crippen LogP contribution in [0.2, 0.25) is 0 Å². The van der Waals surface area contributed by atoms with E-state index in [9.17, 15) is 4.79 Å². The molecule has 0 aliphatic carbocycles. The van der Waals surface area contributed by atoms with Crippen molar-refractivity contribution in [1.29, 1.82) is 0 Å². The van der Waals surface area contributed by atoms with E-state index in [0.29, 0.717) is 17.2 Å². The molecule has 0 radical (unpaired) electrons. The van der Waals surface area contributed by atoms with Crippen LogP contribution in [-0.4, -0.2) is 30.1 Å². The van der Waals surface area contributed by atoms with Crippen LogP contribution in [0, 0.1) is 0 Å². The Hall–Kier alpha value is -3.41. The molecule has 2 aromatic carbocycles. The van der Waals surface area contributed by atoms with Gasteiger partial charge in [0.05, 0.1) is 43.2 Å². The molecule has 0 saturated carbocycles. The minimum absolute atomic E-state index is 0.190. The normalized spacial score (nSPS) is 12.1. The number of fused-ring (bicyclic) bond motifs is 1. The van der Waals surface area contributed by atoms with E-state index in [1.165, 1.54) is 6.08 Å². The predicted molar refractivity (Wildman–Crippen MR) is 105 cm³/mol. The van der Waals surface area contributed by atoms with Gasteiger partial charge in [0.1, 0.15) is 0 Å². The van der Waals surface area contributed by atoms with Crippen LogP contribution >= 0.6 is 0 Å². The average molecular weight is 363 g/mol. The highest BCUT2D eigenvalue weighted by atomic mass is 16.5. The van der Waals surface area contributed by atoms with E-state index in [1.54, 1.807) is 26.5 Å². The van der Waals surface area contributed by atoms with Gasteiger partial charge in [0.15, 0.2) is 11.5 Å². The van der Waals surface area contributed by atoms with Crippen LogP contribution in [0.1, 0.15) is 24.2 Å². The van der Waals surface area contributed by atoms with Gasteiger partial charge in [-0.25, -0.2) is 4.98 Å². The Morgan fingerprint density at radius 3 is 2.56 bits per heavy atom. The molecule has 0 spiro atoms. The summed E-state index contributed by atoms with van der Waals surface area (Å²) in [7, 11) is 3.17. The van der Waals surface area contributed by atoms with Gasteiger partial charge in [-0.1, -0.05) is 18.2 Å². The third-order valence-electron chi connectivity index (χ3n) is 4.14. The summed E-state index contributed by atoms with van der Waals surface area (Å²) < 4.78 is 10.5. The number of ether oxygens (including phenoxy) is 2. The van der Waals surface area contributed by atoms with E-state index < -0.39 is 0 Å². The Kier molecular flexibility index (Phi) is 5.66. The van der Waals surface area contributed by atoms with Crippen molar-refractivity contribution in [2.24, 2.45) is 0 Å². The molecule has 6 heteroatoms. The van der Waals surface area contributed by atoms with E-state index in [1.807, 2.05) is 49.4 Å². The lowest BCUT2D eigenvalue weighted by Gasteiger charge is -2.15. The summed E-state index contributed by atoms with van der Waals surface area (Å²) in [6, 6.07) is 13.0. The zero-order valence-electron chi connectivity index (χ0n) is 15.5. The minimum atomic E-state index is -0.216. The van der Waals surface area contributed by atoms with Crippen molar-refractivity contribution in [2.45, 2.75) is 13.0 Å². The molecule has 0 aliphatic rings. The van der Waals surface area contributed by atoms with Crippen molar-refractivity contribution < 1.29 is 14.3 Å². The van der Waals surface area contributed by atoms with Crippen LogP contribution in [0.15, 0.2) is 54.7 Å². The van der Waals surface area contributed by atoms with E-state index in [2.05, 4.69) is 15.3 Å². The van der Waals surface area contributed by atoms with Crippen LogP contribution in [-0.2, 0) is 4.79 Å². The van der Waals surface area contributed by atoms with Gasteiger partial charge in [0.2, 0.25) is 5.91 Å². The van der Waals surface area contributed by atoms with Crippen LogP contribution in [0.25, 0.3) is 17.1 Å². The Morgan fingerprint density at radius 1 is 1.07 bits per heavy atom. The van der Waals surface area contributed by atoms with Gasteiger partial charge in [0, 0.05) is 6.08 Å². The molecule has 1 N–H and O–H groups in total. The van der Waals surface area contributed by atoms with Gasteiger partial charge >= 0.3 is 0 Å². The van der Waals surface area contributed by atoms with E-state index in [0.717, 1.165) is 16.6 Å². The van der Waals surface area contributed by atoms with Crippen molar-refractivity contribution in [3.05, 3.63) is 66.0 Å². The summed E-state index contributed by atoms with van der Waals surface area (Å²) >= 11 is 0. The smallest absolute Gasteiger partial charge is 0.244 e. The number of rotatable bonds is 6. The Balaban J connectivity index is 1.68. The lowest BCUT2D eigenvalue weighted by atomic mass is 10.1. The molecule has 0 aliphatic heterocycles. The molecular weight excluding hydrogens is 342 g/mol. The highest BCUT2D eigenvalue weighted by molar-refractivity contribution is 5.92. The molecule has 0 saturated heterocycles. The van der Waals surface area contributed by atoms with Crippen LogP contribution in [0.5, 0.6) is 11.5 Å². The zero-order valence-corrected chi connectivity index (χ0v) is 15.5. The summed E-state index contributed by atoms with van der Waals surface area (Å²) in [5, 5.41) is 2.92. The maximum absolute atomic E-state index is 12.2. The Bertz CT molecular complexity index is 985. The number of hydrogen-bond acceptors (Lipinski definition) is 5. The molecule has 1 amide bonds. The SMILES string of the molecule is COc1ccc(C(C)NC(=O)/C=C/c2cnc3ccccc3n2)cc1OC. The molecule has 27 heavy (non-hydrogen) atoms. The molecule has 3 rings (SSSR count). The fraction of sp³-hybridized carbons (Fsp3) is 0.190. The van der Waals surface area contributed by atoms with E-state index in [-0.39, 0.29) is 11.9 Å². The van der Waals surface area contributed by atoms with Gasteiger partial charge < -0.3 is 14.8 Å². The molecule has 1 unspecified atom stereocenters. The number of benzene rings is 2. The van der Waals surface area contributed by atoms with Gasteiger partial charge in [-0.05, 0) is 42.8 Å². The summed E-state index contributed by atoms with van der Waals surface area (Å²) in [6.07, 6.45) is 4.75. The number of aromatic nitrogens is 2. The summed E-state index contributed by atoms with van der Waals surface area (Å²) in [5.41, 5.74) is 3.16. The fourth-order valence-corrected chi connectivity index (χ4v) is 2.68. The number of amides is 1. The Morgan fingerprint density at radius 2 is 1.81 bits per heavy atom. The van der Waals surface area contributed by atoms with Crippen molar-refractivity contribution in [3.63, 3.8) is 0 Å². The highest BCUT2D eigenvalue weighted by Gasteiger charge is 2.11. The van der Waals surface area contributed by atoms with E-state index in [4.69, 9.17) is 9.47 Å². The van der Waals surface area contributed by atoms with Gasteiger partial charge in [-0.2, -0.15) is 0 Å². The van der Waals surface area contributed by atoms with Crippen LogP contribution in [0.3, 0.4) is 0 Å². The second-order valence-corrected chi connectivity index (χ2v) is 5.96. The number of methoxy groups -OCH3 is 2. The number of nitrogens with one attached hydrogen (secondary N) is 1. The topological polar surface area (TPSA) is 73.3 Å². The first-order valence-corrected chi connectivity index (χ1v) is 8.53. The van der Waals surface area contributed by atoms with Crippen LogP contribution < -0.4 is 14.8 Å². The average Bonchev–Trinajstić information content (AvgIpc) is 2.71. The largest absolute Gasteiger partial charge is 0.493 e. The summed E-state index contributed by atoms with van der Waals surface area (Å²) in [4.78, 5) is 21.0. The molecule has 1 aromatic heterocycles. The van der Waals surface area contributed by atoms with E-state index >= 15 is 0 Å². The molecule has 1 atom stereocenters. The molecule has 3 aromatic rings. The first-order chi connectivity index (χ1) is 13.1. The summed E-state index contributed by atoms with van der Waals surface area (Å²) in [5.74, 6) is 1.06. The van der Waals surface area contributed by atoms with Crippen molar-refractivity contribution in [3.8, 4) is 11.5 Å². The molecule has 0 fully saturated rings. The maximum atomic E-state index is 12.2.